The summed E-state index contributed by atoms with van der Waals surface area (Å²) >= 11 is 3.48. The first-order chi connectivity index (χ1) is 14.9. The molecule has 0 saturated carbocycles. The van der Waals surface area contributed by atoms with Crippen molar-refractivity contribution in [2.24, 2.45) is 0 Å². The number of anilines is 1. The predicted molar refractivity (Wildman–Crippen MR) is 124 cm³/mol. The molecule has 0 saturated heterocycles. The van der Waals surface area contributed by atoms with E-state index in [0.717, 1.165) is 21.5 Å². The third kappa shape index (κ3) is 4.72. The van der Waals surface area contributed by atoms with Crippen molar-refractivity contribution in [2.45, 2.75) is 20.0 Å². The van der Waals surface area contributed by atoms with Crippen LogP contribution in [0.25, 0.3) is 22.6 Å². The highest BCUT2D eigenvalue weighted by atomic mass is 79.9. The Bertz CT molecular complexity index is 1230. The molecule has 0 unspecified atom stereocenters. The fraction of sp³-hybridized carbons (Fsp3) is 0.167. The van der Waals surface area contributed by atoms with Crippen LogP contribution in [0.5, 0.6) is 11.5 Å². The van der Waals surface area contributed by atoms with Gasteiger partial charge in [-0.05, 0) is 90.4 Å². The van der Waals surface area contributed by atoms with Crippen LogP contribution in [0.15, 0.2) is 69.6 Å². The lowest BCUT2D eigenvalue weighted by Crippen LogP contribution is -2.12. The van der Waals surface area contributed by atoms with Crippen LogP contribution in [0, 0.1) is 0 Å². The van der Waals surface area contributed by atoms with Gasteiger partial charge in [-0.3, -0.25) is 4.79 Å². The van der Waals surface area contributed by atoms with Crippen LogP contribution >= 0.6 is 15.9 Å². The van der Waals surface area contributed by atoms with E-state index in [4.69, 9.17) is 13.9 Å². The number of fused-ring (bicyclic) bond motifs is 1. The summed E-state index contributed by atoms with van der Waals surface area (Å²) in [5.74, 6) is 1.74. The second kappa shape index (κ2) is 8.81. The van der Waals surface area contributed by atoms with Gasteiger partial charge in [-0.2, -0.15) is 0 Å². The molecular formula is C24H21BrN2O4. The number of nitrogens with zero attached hydrogens (tertiary/aromatic N) is 1. The first kappa shape index (κ1) is 20.9. The van der Waals surface area contributed by atoms with Crippen LogP contribution in [-0.2, 0) is 0 Å². The number of hydrogen-bond acceptors (Lipinski definition) is 5. The third-order valence-electron chi connectivity index (χ3n) is 4.53. The van der Waals surface area contributed by atoms with E-state index in [1.165, 1.54) is 0 Å². The number of aromatic nitrogens is 1. The molecule has 0 aliphatic heterocycles. The van der Waals surface area contributed by atoms with Crippen molar-refractivity contribution in [1.82, 2.24) is 4.98 Å². The van der Waals surface area contributed by atoms with Crippen molar-refractivity contribution in [1.29, 1.82) is 0 Å². The van der Waals surface area contributed by atoms with E-state index in [1.807, 2.05) is 32.0 Å². The van der Waals surface area contributed by atoms with Gasteiger partial charge < -0.3 is 19.2 Å². The molecule has 4 aromatic rings. The Balaban J connectivity index is 1.53. The molecule has 1 aromatic heterocycles. The highest BCUT2D eigenvalue weighted by Gasteiger charge is 2.13. The van der Waals surface area contributed by atoms with Crippen LogP contribution in [0.2, 0.25) is 0 Å². The quantitative estimate of drug-likeness (QED) is 0.350. The second-order valence-corrected chi connectivity index (χ2v) is 8.05. The zero-order valence-corrected chi connectivity index (χ0v) is 18.9. The van der Waals surface area contributed by atoms with Gasteiger partial charge in [0.2, 0.25) is 5.89 Å². The number of rotatable bonds is 6. The summed E-state index contributed by atoms with van der Waals surface area (Å²) in [6.07, 6.45) is 0.0813. The van der Waals surface area contributed by atoms with Crippen LogP contribution in [0.1, 0.15) is 24.2 Å². The minimum Gasteiger partial charge on any atom is -0.496 e. The Hall–Kier alpha value is -3.32. The monoisotopic (exact) mass is 480 g/mol. The maximum absolute atomic E-state index is 12.6. The van der Waals surface area contributed by atoms with Gasteiger partial charge >= 0.3 is 0 Å². The number of nitrogens with one attached hydrogen (secondary N) is 1. The molecule has 0 atom stereocenters. The number of benzene rings is 3. The minimum atomic E-state index is -0.210. The molecule has 1 heterocycles. The molecule has 1 amide bonds. The van der Waals surface area contributed by atoms with Gasteiger partial charge in [0.05, 0.1) is 17.7 Å². The van der Waals surface area contributed by atoms with Gasteiger partial charge in [-0.15, -0.1) is 0 Å². The van der Waals surface area contributed by atoms with Gasteiger partial charge in [0.25, 0.3) is 5.91 Å². The van der Waals surface area contributed by atoms with Crippen LogP contribution < -0.4 is 14.8 Å². The van der Waals surface area contributed by atoms with Gasteiger partial charge in [0.15, 0.2) is 5.58 Å². The number of carbonyl (C=O) groups excluding carboxylic acids is 1. The lowest BCUT2D eigenvalue weighted by Gasteiger charge is -2.10. The van der Waals surface area contributed by atoms with Crippen molar-refractivity contribution in [3.8, 4) is 23.0 Å². The third-order valence-corrected chi connectivity index (χ3v) is 5.15. The molecule has 1 N–H and O–H groups in total. The molecule has 31 heavy (non-hydrogen) atoms. The van der Waals surface area contributed by atoms with E-state index in [2.05, 4.69) is 26.2 Å². The Morgan fingerprint density at radius 2 is 1.84 bits per heavy atom. The van der Waals surface area contributed by atoms with E-state index in [9.17, 15) is 4.79 Å². The Morgan fingerprint density at radius 1 is 1.06 bits per heavy atom. The average molecular weight is 481 g/mol. The maximum atomic E-state index is 12.6. The second-order valence-electron chi connectivity index (χ2n) is 7.20. The molecule has 0 radical (unpaired) electrons. The normalized spacial score (nSPS) is 11.0. The predicted octanol–water partition coefficient (Wildman–Crippen LogP) is 6.31. The van der Waals surface area contributed by atoms with Crippen molar-refractivity contribution >= 4 is 38.6 Å². The smallest absolute Gasteiger partial charge is 0.255 e. The molecule has 3 aromatic carbocycles. The average Bonchev–Trinajstić information content (AvgIpc) is 3.17. The molecule has 4 rings (SSSR count). The van der Waals surface area contributed by atoms with Crippen LogP contribution in [-0.4, -0.2) is 24.1 Å². The number of methoxy groups -OCH3 is 1. The number of ether oxygens (including phenoxy) is 2. The van der Waals surface area contributed by atoms with Crippen molar-refractivity contribution in [3.63, 3.8) is 0 Å². The first-order valence-electron chi connectivity index (χ1n) is 9.75. The molecule has 7 heteroatoms. The van der Waals surface area contributed by atoms with Gasteiger partial charge in [0, 0.05) is 16.8 Å². The molecule has 158 valence electrons. The molecular weight excluding hydrogens is 460 g/mol. The standard InChI is InChI=1S/C24H21BrN2O4/c1-14(2)30-18-8-4-15(5-9-18)23(28)26-17-7-11-22-20(13-17)27-24(31-22)16-6-10-21(29-3)19(25)12-16/h4-14H,1-3H3,(H,26,28). The van der Waals surface area contributed by atoms with Crippen LogP contribution in [0.4, 0.5) is 5.69 Å². The molecule has 0 aliphatic rings. The summed E-state index contributed by atoms with van der Waals surface area (Å²) < 4.78 is 17.6. The van der Waals surface area contributed by atoms with E-state index in [0.29, 0.717) is 28.2 Å². The van der Waals surface area contributed by atoms with Crippen molar-refractivity contribution in [2.75, 3.05) is 12.4 Å². The molecule has 6 nitrogen and oxygen atoms in total. The van der Waals surface area contributed by atoms with Gasteiger partial charge in [-0.25, -0.2) is 4.98 Å². The Kier molecular flexibility index (Phi) is 5.95. The van der Waals surface area contributed by atoms with E-state index >= 15 is 0 Å². The summed E-state index contributed by atoms with van der Waals surface area (Å²) in [7, 11) is 1.61. The summed E-state index contributed by atoms with van der Waals surface area (Å²) in [6.45, 7) is 3.92. The summed E-state index contributed by atoms with van der Waals surface area (Å²) in [6, 6.07) is 18.0. The minimum absolute atomic E-state index is 0.0813. The van der Waals surface area contributed by atoms with Crippen molar-refractivity contribution < 1.29 is 18.7 Å². The number of carbonyl (C=O) groups is 1. The molecule has 0 aliphatic carbocycles. The fourth-order valence-electron chi connectivity index (χ4n) is 3.09. The fourth-order valence-corrected chi connectivity index (χ4v) is 3.63. The highest BCUT2D eigenvalue weighted by Crippen LogP contribution is 2.32. The largest absolute Gasteiger partial charge is 0.496 e. The molecule has 0 bridgehead atoms. The zero-order valence-electron chi connectivity index (χ0n) is 17.3. The van der Waals surface area contributed by atoms with E-state index in [1.54, 1.807) is 49.6 Å². The number of halogens is 1. The molecule has 0 spiro atoms. The topological polar surface area (TPSA) is 73.6 Å². The van der Waals surface area contributed by atoms with Crippen molar-refractivity contribution in [3.05, 3.63) is 70.7 Å². The lowest BCUT2D eigenvalue weighted by atomic mass is 10.2. The van der Waals surface area contributed by atoms with E-state index in [-0.39, 0.29) is 12.0 Å². The number of oxazole rings is 1. The number of amides is 1. The Morgan fingerprint density at radius 3 is 2.52 bits per heavy atom. The highest BCUT2D eigenvalue weighted by molar-refractivity contribution is 9.10. The van der Waals surface area contributed by atoms with Gasteiger partial charge in [-0.1, -0.05) is 0 Å². The first-order valence-corrected chi connectivity index (χ1v) is 10.5. The number of hydrogen-bond donors (Lipinski definition) is 1. The summed E-state index contributed by atoms with van der Waals surface area (Å²) in [4.78, 5) is 17.2. The summed E-state index contributed by atoms with van der Waals surface area (Å²) in [5.41, 5.74) is 3.28. The van der Waals surface area contributed by atoms with Crippen LogP contribution in [0.3, 0.4) is 0 Å². The Labute approximate surface area is 188 Å². The van der Waals surface area contributed by atoms with E-state index < -0.39 is 0 Å². The summed E-state index contributed by atoms with van der Waals surface area (Å²) in [5, 5.41) is 2.90. The zero-order chi connectivity index (χ0) is 22.0. The lowest BCUT2D eigenvalue weighted by molar-refractivity contribution is 0.102. The molecule has 0 fully saturated rings. The van der Waals surface area contributed by atoms with Gasteiger partial charge in [0.1, 0.15) is 17.0 Å². The SMILES string of the molecule is COc1ccc(-c2nc3cc(NC(=O)c4ccc(OC(C)C)cc4)ccc3o2)cc1Br. The maximum Gasteiger partial charge on any atom is 0.255 e.